The summed E-state index contributed by atoms with van der Waals surface area (Å²) in [5.74, 6) is -0.147. The second-order valence-electron chi connectivity index (χ2n) is 7.19. The molecule has 1 aliphatic rings. The summed E-state index contributed by atoms with van der Waals surface area (Å²) in [5, 5.41) is 6.19. The van der Waals surface area contributed by atoms with Crippen LogP contribution in [0.2, 0.25) is 0 Å². The van der Waals surface area contributed by atoms with E-state index in [1.165, 1.54) is 6.07 Å². The monoisotopic (exact) mass is 392 g/mol. The lowest BCUT2D eigenvalue weighted by molar-refractivity contribution is 0.0858. The molecule has 4 rings (SSSR count). The lowest BCUT2D eigenvalue weighted by atomic mass is 10.1. The molecule has 1 amide bonds. The molecule has 0 bridgehead atoms. The molecule has 150 valence electrons. The number of para-hydroxylation sites is 1. The van der Waals surface area contributed by atoms with Crippen LogP contribution < -0.4 is 16.2 Å². The van der Waals surface area contributed by atoms with Crippen LogP contribution in [-0.4, -0.2) is 34.5 Å². The molecule has 1 fully saturated rings. The van der Waals surface area contributed by atoms with Gasteiger partial charge in [-0.25, -0.2) is 4.98 Å². The van der Waals surface area contributed by atoms with E-state index in [4.69, 9.17) is 4.74 Å². The number of anilines is 1. The topological polar surface area (TPSA) is 84.7 Å². The van der Waals surface area contributed by atoms with Gasteiger partial charge in [0.2, 0.25) is 0 Å². The van der Waals surface area contributed by atoms with Gasteiger partial charge in [0.25, 0.3) is 11.5 Å². The van der Waals surface area contributed by atoms with Crippen molar-refractivity contribution in [3.05, 3.63) is 75.8 Å². The third kappa shape index (κ3) is 4.30. The molecular formula is C22H24N4O3. The molecule has 2 aromatic heterocycles. The average molecular weight is 392 g/mol. The van der Waals surface area contributed by atoms with Gasteiger partial charge in [-0.05, 0) is 44.0 Å². The van der Waals surface area contributed by atoms with Crippen molar-refractivity contribution in [2.24, 2.45) is 0 Å². The average Bonchev–Trinajstić information content (AvgIpc) is 3.24. The van der Waals surface area contributed by atoms with Crippen molar-refractivity contribution in [3.8, 4) is 0 Å². The van der Waals surface area contributed by atoms with Gasteiger partial charge in [-0.1, -0.05) is 18.2 Å². The Kier molecular flexibility index (Phi) is 5.57. The zero-order valence-corrected chi connectivity index (χ0v) is 16.4. The zero-order valence-electron chi connectivity index (χ0n) is 16.4. The fourth-order valence-corrected chi connectivity index (χ4v) is 3.58. The van der Waals surface area contributed by atoms with Crippen molar-refractivity contribution >= 4 is 17.2 Å². The summed E-state index contributed by atoms with van der Waals surface area (Å²) >= 11 is 0. The van der Waals surface area contributed by atoms with Gasteiger partial charge in [-0.15, -0.1) is 0 Å². The summed E-state index contributed by atoms with van der Waals surface area (Å²) in [4.78, 5) is 29.6. The van der Waals surface area contributed by atoms with Crippen LogP contribution in [0.1, 0.15) is 34.6 Å². The molecular weight excluding hydrogens is 368 g/mol. The van der Waals surface area contributed by atoms with Gasteiger partial charge in [0.15, 0.2) is 0 Å². The summed E-state index contributed by atoms with van der Waals surface area (Å²) in [5.41, 5.74) is 3.20. The van der Waals surface area contributed by atoms with Crippen molar-refractivity contribution in [2.75, 3.05) is 18.5 Å². The SMILES string of the molecule is Cc1cccc2nc(CNc3ccccc3C(=O)NCC3CCCO3)cc(=O)n12. The fraction of sp³-hybridized carbons (Fsp3) is 0.318. The van der Waals surface area contributed by atoms with Crippen molar-refractivity contribution in [3.63, 3.8) is 0 Å². The van der Waals surface area contributed by atoms with Gasteiger partial charge in [0.1, 0.15) is 5.65 Å². The molecule has 0 saturated carbocycles. The number of benzene rings is 1. The highest BCUT2D eigenvalue weighted by molar-refractivity contribution is 5.99. The number of hydrogen-bond donors (Lipinski definition) is 2. The molecule has 1 saturated heterocycles. The first-order valence-electron chi connectivity index (χ1n) is 9.83. The molecule has 3 aromatic rings. The quantitative estimate of drug-likeness (QED) is 0.673. The highest BCUT2D eigenvalue weighted by Gasteiger charge is 2.18. The van der Waals surface area contributed by atoms with E-state index in [0.29, 0.717) is 35.7 Å². The van der Waals surface area contributed by atoms with E-state index < -0.39 is 0 Å². The maximum atomic E-state index is 12.6. The first kappa shape index (κ1) is 19.1. The minimum absolute atomic E-state index is 0.0947. The number of rotatable bonds is 6. The Bertz CT molecular complexity index is 1090. The number of carbonyl (C=O) groups is 1. The summed E-state index contributed by atoms with van der Waals surface area (Å²) in [6, 6.07) is 14.4. The van der Waals surface area contributed by atoms with Gasteiger partial charge in [0, 0.05) is 30.6 Å². The number of ether oxygens (including phenoxy) is 1. The summed E-state index contributed by atoms with van der Waals surface area (Å²) < 4.78 is 7.14. The Hall–Kier alpha value is -3.19. The Morgan fingerprint density at radius 1 is 1.24 bits per heavy atom. The van der Waals surface area contributed by atoms with E-state index in [9.17, 15) is 9.59 Å². The van der Waals surface area contributed by atoms with Crippen LogP contribution in [0.3, 0.4) is 0 Å². The molecule has 7 nitrogen and oxygen atoms in total. The molecule has 3 heterocycles. The largest absolute Gasteiger partial charge is 0.379 e. The lowest BCUT2D eigenvalue weighted by Gasteiger charge is -2.14. The van der Waals surface area contributed by atoms with Gasteiger partial charge in [0.05, 0.1) is 23.9 Å². The number of hydrogen-bond acceptors (Lipinski definition) is 5. The van der Waals surface area contributed by atoms with Crippen LogP contribution in [0.15, 0.2) is 53.3 Å². The van der Waals surface area contributed by atoms with Crippen LogP contribution in [-0.2, 0) is 11.3 Å². The van der Waals surface area contributed by atoms with Crippen LogP contribution in [0, 0.1) is 6.92 Å². The Morgan fingerprint density at radius 3 is 2.93 bits per heavy atom. The number of aryl methyl sites for hydroxylation is 1. The van der Waals surface area contributed by atoms with E-state index in [1.54, 1.807) is 10.5 Å². The second-order valence-corrected chi connectivity index (χ2v) is 7.19. The normalized spacial score (nSPS) is 16.1. The lowest BCUT2D eigenvalue weighted by Crippen LogP contribution is -2.32. The molecule has 0 spiro atoms. The number of nitrogens with zero attached hydrogens (tertiary/aromatic N) is 2. The minimum atomic E-state index is -0.147. The van der Waals surface area contributed by atoms with E-state index in [-0.39, 0.29) is 17.6 Å². The first-order valence-corrected chi connectivity index (χ1v) is 9.83. The zero-order chi connectivity index (χ0) is 20.2. The Balaban J connectivity index is 1.48. The van der Waals surface area contributed by atoms with E-state index >= 15 is 0 Å². The van der Waals surface area contributed by atoms with E-state index in [0.717, 1.165) is 25.1 Å². The Labute approximate surface area is 168 Å². The van der Waals surface area contributed by atoms with Crippen LogP contribution in [0.25, 0.3) is 5.65 Å². The highest BCUT2D eigenvalue weighted by Crippen LogP contribution is 2.17. The summed E-state index contributed by atoms with van der Waals surface area (Å²) in [7, 11) is 0. The van der Waals surface area contributed by atoms with Crippen LogP contribution in [0.4, 0.5) is 5.69 Å². The third-order valence-corrected chi connectivity index (χ3v) is 5.08. The molecule has 0 aliphatic carbocycles. The first-order chi connectivity index (χ1) is 14.1. The molecule has 1 aliphatic heterocycles. The van der Waals surface area contributed by atoms with Crippen molar-refractivity contribution in [1.29, 1.82) is 0 Å². The highest BCUT2D eigenvalue weighted by atomic mass is 16.5. The smallest absolute Gasteiger partial charge is 0.258 e. The number of nitrogens with one attached hydrogen (secondary N) is 2. The van der Waals surface area contributed by atoms with Gasteiger partial charge >= 0.3 is 0 Å². The number of fused-ring (bicyclic) bond motifs is 1. The maximum absolute atomic E-state index is 12.6. The van der Waals surface area contributed by atoms with Crippen molar-refractivity contribution < 1.29 is 9.53 Å². The number of pyridine rings is 1. The van der Waals surface area contributed by atoms with Gasteiger partial charge in [-0.3, -0.25) is 14.0 Å². The number of amides is 1. The molecule has 1 unspecified atom stereocenters. The van der Waals surface area contributed by atoms with Crippen LogP contribution in [0.5, 0.6) is 0 Å². The van der Waals surface area contributed by atoms with Gasteiger partial charge in [-0.2, -0.15) is 0 Å². The van der Waals surface area contributed by atoms with Crippen molar-refractivity contribution in [2.45, 2.75) is 32.4 Å². The predicted octanol–water partition coefficient (Wildman–Crippen LogP) is 2.52. The molecule has 1 atom stereocenters. The maximum Gasteiger partial charge on any atom is 0.258 e. The Morgan fingerprint density at radius 2 is 2.10 bits per heavy atom. The van der Waals surface area contributed by atoms with Crippen LogP contribution >= 0.6 is 0 Å². The van der Waals surface area contributed by atoms with E-state index in [2.05, 4.69) is 15.6 Å². The standard InChI is InChI=1S/C22H24N4O3/c1-15-6-4-10-20-25-16(12-21(27)26(15)20)13-23-19-9-3-2-8-18(19)22(28)24-14-17-7-5-11-29-17/h2-4,6,8-10,12,17,23H,5,7,11,13-14H2,1H3,(H,24,28). The second kappa shape index (κ2) is 8.45. The minimum Gasteiger partial charge on any atom is -0.379 e. The predicted molar refractivity (Wildman–Crippen MR) is 111 cm³/mol. The third-order valence-electron chi connectivity index (χ3n) is 5.08. The number of carbonyl (C=O) groups excluding carboxylic acids is 1. The molecule has 29 heavy (non-hydrogen) atoms. The molecule has 0 radical (unpaired) electrons. The molecule has 2 N–H and O–H groups in total. The number of aromatic nitrogens is 2. The molecule has 1 aromatic carbocycles. The molecule has 7 heteroatoms. The van der Waals surface area contributed by atoms with Gasteiger partial charge < -0.3 is 15.4 Å². The summed E-state index contributed by atoms with van der Waals surface area (Å²) in [6.45, 7) is 3.49. The van der Waals surface area contributed by atoms with E-state index in [1.807, 2.05) is 43.3 Å². The van der Waals surface area contributed by atoms with Crippen molar-refractivity contribution in [1.82, 2.24) is 14.7 Å². The summed E-state index contributed by atoms with van der Waals surface area (Å²) in [6.07, 6.45) is 2.11. The fourth-order valence-electron chi connectivity index (χ4n) is 3.58.